The van der Waals surface area contributed by atoms with Crippen LogP contribution in [0.1, 0.15) is 97.1 Å². The molecule has 0 bridgehead atoms. The zero-order chi connectivity index (χ0) is 52.9. The molecular weight excluding hydrogens is 965 g/mol. The Hall–Kier alpha value is -8.84. The first-order chi connectivity index (χ1) is 36.7. The molecule has 6 aromatic carbocycles. The van der Waals surface area contributed by atoms with E-state index in [-0.39, 0.29) is 35.2 Å². The molecule has 12 rings (SSSR count). The number of hydrogen-bond acceptors (Lipinski definition) is 12. The number of imidazole rings is 2. The molecule has 4 aliphatic rings. The number of esters is 2. The van der Waals surface area contributed by atoms with E-state index in [2.05, 4.69) is 34.1 Å². The average Bonchev–Trinajstić information content (AvgIpc) is 4.20. The van der Waals surface area contributed by atoms with Crippen LogP contribution in [0.4, 0.5) is 0 Å². The predicted molar refractivity (Wildman–Crippen MR) is 280 cm³/mol. The standard InChI is InChI=1S/C58H52N10O8/c1-57(53(61)71,67-45-15-5-3-13-43(45)65(55(67)73)37-21-25-63(26-22-37)47-29-33-17-19-35(31-59)39-9-7-11-41(47)49(33)39)75-51(69)52(70)76-58(2,54(62)72)68-46-16-6-4-14-44(46)66(56(68)74)38-23-27-64(28-24-38)48-30-34-18-20-36(32-60)40-10-8-12-42(48)50(34)40/h3-20,37-38,47-48H,21-30H2,1-2H3,(H2,61,71)(H2,62,72). The van der Waals surface area contributed by atoms with Gasteiger partial charge in [0, 0.05) is 75.0 Å². The molecule has 2 amide bonds. The molecular formula is C58H52N10O8. The molecule has 4 unspecified atom stereocenters. The maximum absolute atomic E-state index is 14.8. The number of nitrogens with zero attached hydrogens (tertiary/aromatic N) is 8. The van der Waals surface area contributed by atoms with E-state index in [1.54, 1.807) is 57.7 Å². The van der Waals surface area contributed by atoms with E-state index in [0.717, 1.165) is 57.4 Å². The molecule has 4 N–H and O–H groups in total. The first-order valence-electron chi connectivity index (χ1n) is 25.5. The largest absolute Gasteiger partial charge is 0.420 e. The molecule has 4 atom stereocenters. The van der Waals surface area contributed by atoms with Gasteiger partial charge >= 0.3 is 23.3 Å². The number of likely N-dealkylation sites (tertiary alicyclic amines) is 2. The van der Waals surface area contributed by atoms with E-state index < -0.39 is 46.6 Å². The van der Waals surface area contributed by atoms with Gasteiger partial charge in [0.25, 0.3) is 23.3 Å². The van der Waals surface area contributed by atoms with E-state index in [1.165, 1.54) is 22.3 Å². The van der Waals surface area contributed by atoms with Gasteiger partial charge in [-0.05, 0) is 108 Å². The van der Waals surface area contributed by atoms with Crippen molar-refractivity contribution in [2.24, 2.45) is 11.5 Å². The molecule has 18 heteroatoms. The molecule has 2 saturated heterocycles. The van der Waals surface area contributed by atoms with Crippen LogP contribution in [0.3, 0.4) is 0 Å². The van der Waals surface area contributed by atoms with Crippen LogP contribution in [0.5, 0.6) is 0 Å². The molecule has 8 aromatic rings. The highest BCUT2D eigenvalue weighted by atomic mass is 16.6. The molecule has 4 heterocycles. The van der Waals surface area contributed by atoms with E-state index in [1.807, 2.05) is 48.5 Å². The van der Waals surface area contributed by atoms with Crippen LogP contribution in [0, 0.1) is 22.7 Å². The molecule has 0 spiro atoms. The van der Waals surface area contributed by atoms with Crippen molar-refractivity contribution in [2.45, 2.75) is 88.0 Å². The number of amides is 2. The van der Waals surface area contributed by atoms with Gasteiger partial charge in [0.2, 0.25) is 0 Å². The molecule has 2 aliphatic carbocycles. The van der Waals surface area contributed by atoms with E-state index in [0.29, 0.717) is 74.0 Å². The van der Waals surface area contributed by atoms with Gasteiger partial charge in [-0.15, -0.1) is 0 Å². The van der Waals surface area contributed by atoms with E-state index in [9.17, 15) is 39.3 Å². The fourth-order valence-corrected chi connectivity index (χ4v) is 13.0. The van der Waals surface area contributed by atoms with Gasteiger partial charge in [-0.1, -0.05) is 72.8 Å². The van der Waals surface area contributed by atoms with Crippen molar-refractivity contribution in [3.8, 4) is 12.1 Å². The minimum atomic E-state index is -2.60. The zero-order valence-corrected chi connectivity index (χ0v) is 41.8. The minimum absolute atomic E-state index is 0.0844. The Morgan fingerprint density at radius 2 is 0.895 bits per heavy atom. The first kappa shape index (κ1) is 48.1. The lowest BCUT2D eigenvalue weighted by atomic mass is 9.98. The lowest BCUT2D eigenvalue weighted by molar-refractivity contribution is -0.197. The third-order valence-corrected chi connectivity index (χ3v) is 16.8. The summed E-state index contributed by atoms with van der Waals surface area (Å²) in [6.45, 7) is 4.72. The summed E-state index contributed by atoms with van der Waals surface area (Å²) in [5, 5.41) is 23.7. The van der Waals surface area contributed by atoms with Crippen molar-refractivity contribution in [3.63, 3.8) is 0 Å². The van der Waals surface area contributed by atoms with Crippen LogP contribution < -0.4 is 22.8 Å². The molecule has 382 valence electrons. The Morgan fingerprint density at radius 1 is 0.526 bits per heavy atom. The third kappa shape index (κ3) is 7.19. The van der Waals surface area contributed by atoms with Crippen LogP contribution in [-0.2, 0) is 52.9 Å². The minimum Gasteiger partial charge on any atom is -0.420 e. The summed E-state index contributed by atoms with van der Waals surface area (Å²) in [5.74, 6) is -6.13. The Balaban J connectivity index is 0.786. The van der Waals surface area contributed by atoms with Gasteiger partial charge < -0.3 is 20.9 Å². The Labute approximate surface area is 434 Å². The summed E-state index contributed by atoms with van der Waals surface area (Å²) in [6.07, 6.45) is 3.79. The Morgan fingerprint density at radius 3 is 1.25 bits per heavy atom. The first-order valence-corrected chi connectivity index (χ1v) is 25.5. The molecule has 0 saturated carbocycles. The van der Waals surface area contributed by atoms with E-state index >= 15 is 0 Å². The number of piperidine rings is 2. The summed E-state index contributed by atoms with van der Waals surface area (Å²) < 4.78 is 16.3. The number of rotatable bonds is 10. The predicted octanol–water partition coefficient (Wildman–Crippen LogP) is 5.94. The molecule has 2 aliphatic heterocycles. The maximum atomic E-state index is 14.8. The number of aromatic nitrogens is 4. The second-order valence-electron chi connectivity index (χ2n) is 20.7. The summed E-state index contributed by atoms with van der Waals surface area (Å²) in [5.41, 5.74) is 12.6. The Kier molecular flexibility index (Phi) is 11.4. The number of fused-ring (bicyclic) bond motifs is 2. The van der Waals surface area contributed by atoms with Gasteiger partial charge in [-0.3, -0.25) is 28.5 Å². The lowest BCUT2D eigenvalue weighted by Crippen LogP contribution is -2.55. The normalized spacial score (nSPS) is 19.6. The van der Waals surface area contributed by atoms with Crippen molar-refractivity contribution in [1.82, 2.24) is 28.1 Å². The summed E-state index contributed by atoms with van der Waals surface area (Å²) in [6, 6.07) is 37.4. The molecule has 0 radical (unpaired) electrons. The number of carbonyl (C=O) groups excluding carboxylic acids is 4. The summed E-state index contributed by atoms with van der Waals surface area (Å²) in [7, 11) is 0. The average molecular weight is 1020 g/mol. The second-order valence-corrected chi connectivity index (χ2v) is 20.7. The smallest absolute Gasteiger partial charge is 0.420 e. The highest BCUT2D eigenvalue weighted by molar-refractivity contribution is 6.30. The van der Waals surface area contributed by atoms with Crippen LogP contribution in [0.15, 0.2) is 119 Å². The lowest BCUT2D eigenvalue weighted by Gasteiger charge is -2.37. The highest BCUT2D eigenvalue weighted by Gasteiger charge is 2.48. The fourth-order valence-electron chi connectivity index (χ4n) is 13.0. The van der Waals surface area contributed by atoms with Gasteiger partial charge in [-0.2, -0.15) is 10.5 Å². The van der Waals surface area contributed by atoms with Crippen LogP contribution in [-0.4, -0.2) is 78.0 Å². The number of primary amides is 2. The van der Waals surface area contributed by atoms with Gasteiger partial charge in [-0.25, -0.2) is 28.3 Å². The maximum Gasteiger partial charge on any atom is 0.420 e. The molecule has 2 fully saturated rings. The molecule has 18 nitrogen and oxygen atoms in total. The number of nitrogens with two attached hydrogens (primary N) is 2. The third-order valence-electron chi connectivity index (χ3n) is 16.8. The zero-order valence-electron chi connectivity index (χ0n) is 41.8. The second kappa shape index (κ2) is 17.9. The van der Waals surface area contributed by atoms with Crippen molar-refractivity contribution in [3.05, 3.63) is 164 Å². The summed E-state index contributed by atoms with van der Waals surface area (Å²) in [4.78, 5) is 89.7. The van der Waals surface area contributed by atoms with Gasteiger partial charge in [0.05, 0.1) is 45.3 Å². The number of benzene rings is 6. The molecule has 2 aromatic heterocycles. The van der Waals surface area contributed by atoms with E-state index in [4.69, 9.17) is 20.9 Å². The van der Waals surface area contributed by atoms with Gasteiger partial charge in [0.1, 0.15) is 0 Å². The number of carbonyl (C=O) groups is 4. The van der Waals surface area contributed by atoms with Crippen molar-refractivity contribution >= 4 is 67.4 Å². The number of para-hydroxylation sites is 4. The fraction of sp³-hybridized carbons (Fsp3) is 0.310. The van der Waals surface area contributed by atoms with Crippen molar-refractivity contribution < 1.29 is 28.7 Å². The number of ether oxygens (including phenoxy) is 2. The monoisotopic (exact) mass is 1020 g/mol. The quantitative estimate of drug-likeness (QED) is 0.119. The van der Waals surface area contributed by atoms with Crippen molar-refractivity contribution in [1.29, 1.82) is 10.5 Å². The Bertz CT molecular complexity index is 3770. The number of nitriles is 2. The number of hydrogen-bond donors (Lipinski definition) is 2. The van der Waals surface area contributed by atoms with Crippen LogP contribution >= 0.6 is 0 Å². The SMILES string of the molecule is CC(OC(=O)C(=O)OC(C)(C(N)=O)n1c(=O)n(C2CCN(C3Cc4ccc(C#N)c5cccc3c45)CC2)c2ccccc21)(C(N)=O)n1c(=O)n(C2CCN(C3Cc4ccc(C#N)c5cccc3c45)CC2)c2ccccc21. The molecule has 76 heavy (non-hydrogen) atoms. The van der Waals surface area contributed by atoms with Crippen LogP contribution in [0.25, 0.3) is 43.6 Å². The summed E-state index contributed by atoms with van der Waals surface area (Å²) >= 11 is 0. The topological polar surface area (TPSA) is 247 Å². The van der Waals surface area contributed by atoms with Gasteiger partial charge in [0.15, 0.2) is 0 Å². The van der Waals surface area contributed by atoms with Crippen molar-refractivity contribution in [2.75, 3.05) is 26.2 Å². The van der Waals surface area contributed by atoms with Crippen LogP contribution in [0.2, 0.25) is 0 Å². The highest BCUT2D eigenvalue weighted by Crippen LogP contribution is 2.45.